The molecule has 0 heterocycles. The maximum atomic E-state index is 13.4. The molecule has 0 saturated carbocycles. The fraction of sp³-hybridized carbons (Fsp3) is 0.273. The van der Waals surface area contributed by atoms with Gasteiger partial charge in [0.1, 0.15) is 5.82 Å². The lowest BCUT2D eigenvalue weighted by Gasteiger charge is -2.15. The molecule has 0 aliphatic carbocycles. The second-order valence-corrected chi connectivity index (χ2v) is 4.49. The van der Waals surface area contributed by atoms with Gasteiger partial charge in [-0.05, 0) is 30.2 Å². The van der Waals surface area contributed by atoms with E-state index in [-0.39, 0.29) is 12.4 Å². The van der Waals surface area contributed by atoms with Crippen molar-refractivity contribution < 1.29 is 14.0 Å². The van der Waals surface area contributed by atoms with Gasteiger partial charge in [0.2, 0.25) is 0 Å². The van der Waals surface area contributed by atoms with Gasteiger partial charge in [-0.1, -0.05) is 15.9 Å². The van der Waals surface area contributed by atoms with Gasteiger partial charge < -0.3 is 10.6 Å². The Kier molecular flexibility index (Phi) is 4.62. The van der Waals surface area contributed by atoms with Crippen LogP contribution in [0, 0.1) is 5.82 Å². The SMILES string of the molecule is CN(CCc1cc(Br)ccc1F)C(=O)C(N)=O. The summed E-state index contributed by atoms with van der Waals surface area (Å²) in [5, 5.41) is 0. The summed E-state index contributed by atoms with van der Waals surface area (Å²) in [5.74, 6) is -2.13. The number of halogens is 2. The van der Waals surface area contributed by atoms with E-state index in [2.05, 4.69) is 15.9 Å². The molecule has 1 aromatic rings. The van der Waals surface area contributed by atoms with Gasteiger partial charge in [-0.3, -0.25) is 9.59 Å². The minimum Gasteiger partial charge on any atom is -0.361 e. The summed E-state index contributed by atoms with van der Waals surface area (Å²) in [6, 6.07) is 4.57. The summed E-state index contributed by atoms with van der Waals surface area (Å²) in [4.78, 5) is 23.0. The maximum absolute atomic E-state index is 13.4. The summed E-state index contributed by atoms with van der Waals surface area (Å²) in [5.41, 5.74) is 5.32. The number of hydrogen-bond acceptors (Lipinski definition) is 2. The molecule has 2 N–H and O–H groups in total. The summed E-state index contributed by atoms with van der Waals surface area (Å²) >= 11 is 3.23. The molecule has 0 unspecified atom stereocenters. The quantitative estimate of drug-likeness (QED) is 0.849. The molecule has 0 aliphatic heterocycles. The number of carbonyl (C=O) groups is 2. The first kappa shape index (κ1) is 13.6. The van der Waals surface area contributed by atoms with Crippen LogP contribution in [0.1, 0.15) is 5.56 Å². The Bertz CT molecular complexity index is 451. The molecular weight excluding hydrogens is 291 g/mol. The van der Waals surface area contributed by atoms with E-state index in [0.29, 0.717) is 12.0 Å². The first-order chi connectivity index (χ1) is 7.91. The topological polar surface area (TPSA) is 63.4 Å². The Labute approximate surface area is 107 Å². The average Bonchev–Trinajstić information content (AvgIpc) is 2.28. The van der Waals surface area contributed by atoms with Crippen molar-refractivity contribution >= 4 is 27.7 Å². The van der Waals surface area contributed by atoms with Crippen molar-refractivity contribution in [3.8, 4) is 0 Å². The zero-order valence-electron chi connectivity index (χ0n) is 9.24. The van der Waals surface area contributed by atoms with Gasteiger partial charge in [-0.15, -0.1) is 0 Å². The van der Waals surface area contributed by atoms with Crippen molar-refractivity contribution in [2.75, 3.05) is 13.6 Å². The van der Waals surface area contributed by atoms with Crippen LogP contribution in [0.2, 0.25) is 0 Å². The summed E-state index contributed by atoms with van der Waals surface area (Å²) in [7, 11) is 1.45. The molecule has 0 aliphatic rings. The van der Waals surface area contributed by atoms with Crippen LogP contribution >= 0.6 is 15.9 Å². The first-order valence-corrected chi connectivity index (χ1v) is 5.70. The molecule has 0 bridgehead atoms. The van der Waals surface area contributed by atoms with Crippen LogP contribution in [0.3, 0.4) is 0 Å². The van der Waals surface area contributed by atoms with E-state index < -0.39 is 11.8 Å². The van der Waals surface area contributed by atoms with Crippen LogP contribution in [0.15, 0.2) is 22.7 Å². The maximum Gasteiger partial charge on any atom is 0.311 e. The van der Waals surface area contributed by atoms with Gasteiger partial charge in [-0.25, -0.2) is 4.39 Å². The van der Waals surface area contributed by atoms with Crippen LogP contribution in [-0.4, -0.2) is 30.3 Å². The largest absolute Gasteiger partial charge is 0.361 e. The highest BCUT2D eigenvalue weighted by atomic mass is 79.9. The molecule has 1 rings (SSSR count). The van der Waals surface area contributed by atoms with Crippen molar-refractivity contribution in [1.29, 1.82) is 0 Å². The van der Waals surface area contributed by atoms with Gasteiger partial charge in [0.25, 0.3) is 0 Å². The monoisotopic (exact) mass is 302 g/mol. The normalized spacial score (nSPS) is 10.1. The van der Waals surface area contributed by atoms with Crippen LogP contribution < -0.4 is 5.73 Å². The number of amides is 2. The molecule has 4 nitrogen and oxygen atoms in total. The van der Waals surface area contributed by atoms with E-state index in [1.807, 2.05) is 0 Å². The Morgan fingerprint density at radius 2 is 2.12 bits per heavy atom. The lowest BCUT2D eigenvalue weighted by Crippen LogP contribution is -2.38. The van der Waals surface area contributed by atoms with E-state index in [9.17, 15) is 14.0 Å². The van der Waals surface area contributed by atoms with Gasteiger partial charge in [-0.2, -0.15) is 0 Å². The second kappa shape index (κ2) is 5.77. The minimum absolute atomic E-state index is 0.231. The Hall–Kier alpha value is -1.43. The molecule has 6 heteroatoms. The molecule has 2 amide bonds. The highest BCUT2D eigenvalue weighted by Gasteiger charge is 2.15. The third-order valence-electron chi connectivity index (χ3n) is 2.28. The molecule has 0 atom stereocenters. The molecule has 92 valence electrons. The van der Waals surface area contributed by atoms with E-state index >= 15 is 0 Å². The molecule has 0 radical (unpaired) electrons. The predicted molar refractivity (Wildman–Crippen MR) is 64.6 cm³/mol. The van der Waals surface area contributed by atoms with E-state index in [0.717, 1.165) is 4.47 Å². The van der Waals surface area contributed by atoms with Crippen molar-refractivity contribution in [3.63, 3.8) is 0 Å². The number of hydrogen-bond donors (Lipinski definition) is 1. The number of nitrogens with two attached hydrogens (primary N) is 1. The molecule has 0 fully saturated rings. The lowest BCUT2D eigenvalue weighted by molar-refractivity contribution is -0.143. The Morgan fingerprint density at radius 3 is 2.71 bits per heavy atom. The van der Waals surface area contributed by atoms with Crippen molar-refractivity contribution in [1.82, 2.24) is 4.90 Å². The zero-order chi connectivity index (χ0) is 13.0. The van der Waals surface area contributed by atoms with Gasteiger partial charge in [0.15, 0.2) is 0 Å². The average molecular weight is 303 g/mol. The number of primary amides is 1. The van der Waals surface area contributed by atoms with Crippen molar-refractivity contribution in [2.24, 2.45) is 5.73 Å². The zero-order valence-corrected chi connectivity index (χ0v) is 10.8. The number of likely N-dealkylation sites (N-methyl/N-ethyl adjacent to an activating group) is 1. The second-order valence-electron chi connectivity index (χ2n) is 3.58. The summed E-state index contributed by atoms with van der Waals surface area (Å²) in [6.07, 6.45) is 0.320. The van der Waals surface area contributed by atoms with Gasteiger partial charge in [0, 0.05) is 18.1 Å². The van der Waals surface area contributed by atoms with Crippen molar-refractivity contribution in [2.45, 2.75) is 6.42 Å². The molecular formula is C11H12BrFN2O2. The number of carbonyl (C=O) groups excluding carboxylic acids is 2. The predicted octanol–water partition coefficient (Wildman–Crippen LogP) is 1.07. The van der Waals surface area contributed by atoms with E-state index in [4.69, 9.17) is 5.73 Å². The molecule has 0 spiro atoms. The third-order valence-corrected chi connectivity index (χ3v) is 2.78. The van der Waals surface area contributed by atoms with Crippen LogP contribution in [0.5, 0.6) is 0 Å². The van der Waals surface area contributed by atoms with Gasteiger partial charge >= 0.3 is 11.8 Å². The number of nitrogens with zero attached hydrogens (tertiary/aromatic N) is 1. The molecule has 0 aromatic heterocycles. The third kappa shape index (κ3) is 3.81. The highest BCUT2D eigenvalue weighted by Crippen LogP contribution is 2.16. The molecule has 0 saturated heterocycles. The van der Waals surface area contributed by atoms with Crippen LogP contribution in [0.25, 0.3) is 0 Å². The standard InChI is InChI=1S/C11H12BrFN2O2/c1-15(11(17)10(14)16)5-4-7-6-8(12)2-3-9(7)13/h2-3,6H,4-5H2,1H3,(H2,14,16). The van der Waals surface area contributed by atoms with E-state index in [1.165, 1.54) is 18.0 Å². The minimum atomic E-state index is -1.01. The molecule has 1 aromatic carbocycles. The Balaban J connectivity index is 2.64. The number of rotatable bonds is 3. The summed E-state index contributed by atoms with van der Waals surface area (Å²) < 4.78 is 14.1. The fourth-order valence-corrected chi connectivity index (χ4v) is 1.72. The first-order valence-electron chi connectivity index (χ1n) is 4.90. The number of benzene rings is 1. The summed E-state index contributed by atoms with van der Waals surface area (Å²) in [6.45, 7) is 0.231. The smallest absolute Gasteiger partial charge is 0.311 e. The van der Waals surface area contributed by atoms with Crippen molar-refractivity contribution in [3.05, 3.63) is 34.1 Å². The van der Waals surface area contributed by atoms with Gasteiger partial charge in [0.05, 0.1) is 0 Å². The fourth-order valence-electron chi connectivity index (χ4n) is 1.31. The van der Waals surface area contributed by atoms with E-state index in [1.54, 1.807) is 12.1 Å². The molecule has 17 heavy (non-hydrogen) atoms. The lowest BCUT2D eigenvalue weighted by atomic mass is 10.1. The Morgan fingerprint density at radius 1 is 1.47 bits per heavy atom. The van der Waals surface area contributed by atoms with Crippen LogP contribution in [0.4, 0.5) is 4.39 Å². The highest BCUT2D eigenvalue weighted by molar-refractivity contribution is 9.10. The van der Waals surface area contributed by atoms with Crippen LogP contribution in [-0.2, 0) is 16.0 Å².